The summed E-state index contributed by atoms with van der Waals surface area (Å²) in [4.78, 5) is 14.8. The number of carbonyl (C=O) groups is 1. The molecule has 0 aliphatic carbocycles. The Hall–Kier alpha value is -1.89. The summed E-state index contributed by atoms with van der Waals surface area (Å²) in [5.74, 6) is -3.54. The molecule has 5 rings (SSSR count). The summed E-state index contributed by atoms with van der Waals surface area (Å²) in [5, 5.41) is 17.5. The number of hydrogen-bond acceptors (Lipinski definition) is 4. The van der Waals surface area contributed by atoms with Gasteiger partial charge in [0.05, 0.1) is 49.2 Å². The van der Waals surface area contributed by atoms with Gasteiger partial charge in [-0.25, -0.2) is 13.2 Å². The number of likely N-dealkylation sites (tertiary alicyclic amines) is 2. The summed E-state index contributed by atoms with van der Waals surface area (Å²) in [6, 6.07) is 6.91. The molecule has 0 radical (unpaired) electrons. The minimum Gasteiger partial charge on any atom is -0.380 e. The molecule has 0 spiro atoms. The Morgan fingerprint density at radius 3 is 2.46 bits per heavy atom. The molecule has 0 saturated carbocycles. The molecule has 1 amide bonds. The van der Waals surface area contributed by atoms with Crippen molar-refractivity contribution < 1.29 is 27.6 Å². The van der Waals surface area contributed by atoms with Gasteiger partial charge in [-0.1, -0.05) is 0 Å². The van der Waals surface area contributed by atoms with E-state index in [-0.39, 0.29) is 24.3 Å². The van der Waals surface area contributed by atoms with Gasteiger partial charge in [-0.15, -0.1) is 0 Å². The quantitative estimate of drug-likeness (QED) is 0.328. The lowest BCUT2D eigenvalue weighted by atomic mass is 9.87. The molecule has 2 aromatic carbocycles. The molecule has 3 fully saturated rings. The lowest BCUT2D eigenvalue weighted by Gasteiger charge is -2.55. The van der Waals surface area contributed by atoms with E-state index in [4.69, 9.17) is 0 Å². The molecule has 0 atom stereocenters. The van der Waals surface area contributed by atoms with Gasteiger partial charge in [-0.2, -0.15) is 0 Å². The zero-order valence-corrected chi connectivity index (χ0v) is 22.9. The number of piperidine rings is 2. The predicted molar refractivity (Wildman–Crippen MR) is 144 cm³/mol. The number of halogens is 4. The Morgan fingerprint density at radius 2 is 1.78 bits per heavy atom. The molecule has 3 aliphatic rings. The van der Waals surface area contributed by atoms with Crippen LogP contribution < -0.4 is 10.6 Å². The van der Waals surface area contributed by atoms with Crippen molar-refractivity contribution in [3.63, 3.8) is 0 Å². The van der Waals surface area contributed by atoms with Crippen LogP contribution in [0, 0.1) is 21.0 Å². The van der Waals surface area contributed by atoms with Crippen LogP contribution in [0.5, 0.6) is 0 Å². The fraction of sp³-hybridized carbons (Fsp3) is 0.519. The highest BCUT2D eigenvalue weighted by Crippen LogP contribution is 2.36. The van der Waals surface area contributed by atoms with Crippen LogP contribution in [0.2, 0.25) is 0 Å². The molecule has 37 heavy (non-hydrogen) atoms. The van der Waals surface area contributed by atoms with Crippen LogP contribution in [-0.4, -0.2) is 77.9 Å². The topological polar surface area (TPSA) is 64.6 Å². The van der Waals surface area contributed by atoms with Crippen LogP contribution in [0.25, 0.3) is 0 Å². The van der Waals surface area contributed by atoms with Gasteiger partial charge < -0.3 is 25.1 Å². The Bertz CT molecular complexity index is 1160. The van der Waals surface area contributed by atoms with Gasteiger partial charge in [-0.05, 0) is 72.2 Å². The molecule has 200 valence electrons. The number of β-amino-alcohol motifs (C(OH)–C–C–N with tert-alkyl or cyclic N) is 1. The van der Waals surface area contributed by atoms with Crippen LogP contribution in [0.4, 0.5) is 24.5 Å². The first-order valence-electron chi connectivity index (χ1n) is 13.0. The first-order chi connectivity index (χ1) is 17.7. The third-order valence-electron chi connectivity index (χ3n) is 8.17. The van der Waals surface area contributed by atoms with Crippen molar-refractivity contribution in [1.29, 1.82) is 0 Å². The lowest BCUT2D eigenvalue weighted by Crippen LogP contribution is -2.73. The van der Waals surface area contributed by atoms with Crippen molar-refractivity contribution in [3.05, 3.63) is 56.9 Å². The minimum absolute atomic E-state index is 0.0578. The Kier molecular flexibility index (Phi) is 7.72. The van der Waals surface area contributed by atoms with Gasteiger partial charge in [0.25, 0.3) is 5.91 Å². The smallest absolute Gasteiger partial charge is 0.256 e. The number of nitrogens with zero attached hydrogens (tertiary/aromatic N) is 2. The number of benzene rings is 2. The first kappa shape index (κ1) is 26.7. The first-order valence-corrected chi connectivity index (χ1v) is 14.1. The number of rotatable bonds is 6. The largest absolute Gasteiger partial charge is 0.380 e. The summed E-state index contributed by atoms with van der Waals surface area (Å²) in [6.07, 6.45) is 5.65. The normalized spacial score (nSPS) is 21.4. The number of quaternary nitrogens is 1. The summed E-state index contributed by atoms with van der Waals surface area (Å²) in [5.41, 5.74) is -1.58. The fourth-order valence-corrected chi connectivity index (χ4v) is 6.84. The highest BCUT2D eigenvalue weighted by atomic mass is 127. The summed E-state index contributed by atoms with van der Waals surface area (Å²) >= 11 is 1.95. The van der Waals surface area contributed by atoms with Crippen molar-refractivity contribution in [2.75, 3.05) is 51.1 Å². The van der Waals surface area contributed by atoms with Crippen molar-refractivity contribution in [2.45, 2.75) is 43.7 Å². The van der Waals surface area contributed by atoms with Crippen LogP contribution in [-0.2, 0) is 0 Å². The summed E-state index contributed by atoms with van der Waals surface area (Å²) in [7, 11) is 0. The number of anilines is 2. The second-order valence-corrected chi connectivity index (χ2v) is 12.0. The number of aliphatic hydroxyl groups is 1. The maximum Gasteiger partial charge on any atom is 0.256 e. The van der Waals surface area contributed by atoms with Crippen molar-refractivity contribution >= 4 is 39.9 Å². The van der Waals surface area contributed by atoms with Crippen LogP contribution in [0.3, 0.4) is 0 Å². The SMILES string of the molecule is O=C(c1ccc(F)c(F)c1Nc1ccc(I)cc1F)N1CC(O)(C[N+]2(C3CCNCC3)CCCCC2)C1. The maximum absolute atomic E-state index is 14.8. The second-order valence-electron chi connectivity index (χ2n) is 10.8. The molecule has 3 N–H and O–H groups in total. The van der Waals surface area contributed by atoms with Gasteiger partial charge in [0.1, 0.15) is 18.0 Å². The van der Waals surface area contributed by atoms with Crippen LogP contribution >= 0.6 is 22.6 Å². The highest BCUT2D eigenvalue weighted by molar-refractivity contribution is 14.1. The molecule has 0 bridgehead atoms. The van der Waals surface area contributed by atoms with E-state index in [1.54, 1.807) is 6.07 Å². The maximum atomic E-state index is 14.8. The van der Waals surface area contributed by atoms with Crippen molar-refractivity contribution in [2.24, 2.45) is 0 Å². The molecular formula is C27H33F3IN4O2+. The van der Waals surface area contributed by atoms with E-state index in [0.717, 1.165) is 62.4 Å². The molecule has 3 aliphatic heterocycles. The number of amides is 1. The third-order valence-corrected chi connectivity index (χ3v) is 8.84. The van der Waals surface area contributed by atoms with Crippen LogP contribution in [0.15, 0.2) is 30.3 Å². The van der Waals surface area contributed by atoms with Gasteiger partial charge >= 0.3 is 0 Å². The molecule has 2 aromatic rings. The monoisotopic (exact) mass is 629 g/mol. The molecule has 10 heteroatoms. The highest BCUT2D eigenvalue weighted by Gasteiger charge is 2.52. The average molecular weight is 629 g/mol. The van der Waals surface area contributed by atoms with Gasteiger partial charge in [0.15, 0.2) is 11.6 Å². The third kappa shape index (κ3) is 5.48. The van der Waals surface area contributed by atoms with E-state index in [9.17, 15) is 23.1 Å². The zero-order valence-electron chi connectivity index (χ0n) is 20.7. The van der Waals surface area contributed by atoms with E-state index in [0.29, 0.717) is 16.2 Å². The predicted octanol–water partition coefficient (Wildman–Crippen LogP) is 4.39. The standard InChI is InChI=1S/C27H32F3IN4O2/c28-21-6-5-20(25(24(21)30)33-23-7-4-18(31)14-22(23)29)26(36)34-15-27(37,16-34)17-35(12-2-1-3-13-35)19-8-10-32-11-9-19/h4-7,14,19,32,37H,1-3,8-13,15-17H2/p+1. The van der Waals surface area contributed by atoms with E-state index in [2.05, 4.69) is 10.6 Å². The van der Waals surface area contributed by atoms with E-state index < -0.39 is 34.6 Å². The summed E-state index contributed by atoms with van der Waals surface area (Å²) < 4.78 is 44.9. The Labute approximate surface area is 228 Å². The van der Waals surface area contributed by atoms with Crippen molar-refractivity contribution in [3.8, 4) is 0 Å². The molecule has 3 heterocycles. The molecule has 3 saturated heterocycles. The fourth-order valence-electron chi connectivity index (χ4n) is 6.39. The van der Waals surface area contributed by atoms with Gasteiger partial charge in [-0.3, -0.25) is 4.79 Å². The Morgan fingerprint density at radius 1 is 1.08 bits per heavy atom. The molecule has 0 aromatic heterocycles. The molecule has 6 nitrogen and oxygen atoms in total. The second kappa shape index (κ2) is 10.7. The zero-order chi connectivity index (χ0) is 26.2. The minimum atomic E-state index is -1.25. The average Bonchev–Trinajstić information content (AvgIpc) is 2.87. The van der Waals surface area contributed by atoms with E-state index in [1.807, 2.05) is 22.6 Å². The van der Waals surface area contributed by atoms with Gasteiger partial charge in [0.2, 0.25) is 0 Å². The number of hydrogen-bond donors (Lipinski definition) is 3. The van der Waals surface area contributed by atoms with Crippen molar-refractivity contribution in [1.82, 2.24) is 10.2 Å². The Balaban J connectivity index is 1.33. The molecule has 0 unspecified atom stereocenters. The lowest BCUT2D eigenvalue weighted by molar-refractivity contribution is -0.962. The van der Waals surface area contributed by atoms with E-state index >= 15 is 0 Å². The summed E-state index contributed by atoms with van der Waals surface area (Å²) in [6.45, 7) is 4.92. The molecular weight excluding hydrogens is 596 g/mol. The van der Waals surface area contributed by atoms with Gasteiger partial charge in [0, 0.05) is 29.5 Å². The number of nitrogens with one attached hydrogen (secondary N) is 2. The van der Waals surface area contributed by atoms with E-state index in [1.165, 1.54) is 29.5 Å². The number of carbonyl (C=O) groups excluding carboxylic acids is 1. The van der Waals surface area contributed by atoms with Crippen LogP contribution in [0.1, 0.15) is 42.5 Å².